The van der Waals surface area contributed by atoms with Crippen molar-refractivity contribution in [2.45, 2.75) is 58.1 Å². The Morgan fingerprint density at radius 2 is 2.11 bits per heavy atom. The zero-order valence-electron chi connectivity index (χ0n) is 12.2. The fourth-order valence-electron chi connectivity index (χ4n) is 3.33. The third kappa shape index (κ3) is 4.87. The predicted molar refractivity (Wildman–Crippen MR) is 75.9 cm³/mol. The molecule has 1 saturated heterocycles. The zero-order valence-corrected chi connectivity index (χ0v) is 12.2. The van der Waals surface area contributed by atoms with E-state index in [-0.39, 0.29) is 0 Å². The first-order valence-corrected chi connectivity index (χ1v) is 7.81. The molecule has 3 nitrogen and oxygen atoms in total. The van der Waals surface area contributed by atoms with E-state index in [1.165, 1.54) is 45.2 Å². The molecule has 0 spiro atoms. The average molecular weight is 254 g/mol. The van der Waals surface area contributed by atoms with Gasteiger partial charge in [0.2, 0.25) is 0 Å². The topological polar surface area (TPSA) is 24.5 Å². The number of hydrogen-bond donors (Lipinski definition) is 1. The Labute approximate surface area is 112 Å². The highest BCUT2D eigenvalue weighted by atomic mass is 16.5. The first kappa shape index (κ1) is 14.3. The van der Waals surface area contributed by atoms with Crippen LogP contribution in [0.2, 0.25) is 0 Å². The van der Waals surface area contributed by atoms with Crippen LogP contribution >= 0.6 is 0 Å². The van der Waals surface area contributed by atoms with Gasteiger partial charge in [-0.3, -0.25) is 4.90 Å². The van der Waals surface area contributed by atoms with Gasteiger partial charge in [0.1, 0.15) is 0 Å². The van der Waals surface area contributed by atoms with Gasteiger partial charge in [-0.2, -0.15) is 0 Å². The van der Waals surface area contributed by atoms with E-state index in [0.29, 0.717) is 6.10 Å². The van der Waals surface area contributed by atoms with Gasteiger partial charge < -0.3 is 10.1 Å². The Morgan fingerprint density at radius 1 is 1.22 bits per heavy atom. The number of ether oxygens (including phenoxy) is 1. The minimum atomic E-state index is 0.405. The van der Waals surface area contributed by atoms with Crippen molar-refractivity contribution in [3.05, 3.63) is 0 Å². The van der Waals surface area contributed by atoms with E-state index >= 15 is 0 Å². The van der Waals surface area contributed by atoms with Crippen molar-refractivity contribution in [1.29, 1.82) is 0 Å². The Balaban J connectivity index is 1.61. The first-order chi connectivity index (χ1) is 8.74. The molecule has 1 aliphatic heterocycles. The Hall–Kier alpha value is -0.120. The Morgan fingerprint density at radius 3 is 2.94 bits per heavy atom. The van der Waals surface area contributed by atoms with E-state index in [9.17, 15) is 0 Å². The summed E-state index contributed by atoms with van der Waals surface area (Å²) in [5.41, 5.74) is 0. The van der Waals surface area contributed by atoms with Crippen molar-refractivity contribution < 1.29 is 4.74 Å². The summed E-state index contributed by atoms with van der Waals surface area (Å²) in [5.74, 6) is 0.919. The minimum Gasteiger partial charge on any atom is -0.377 e. The van der Waals surface area contributed by atoms with E-state index in [1.807, 2.05) is 0 Å². The molecule has 0 radical (unpaired) electrons. The van der Waals surface area contributed by atoms with Crippen LogP contribution < -0.4 is 5.32 Å². The van der Waals surface area contributed by atoms with Crippen LogP contribution in [0.25, 0.3) is 0 Å². The van der Waals surface area contributed by atoms with Gasteiger partial charge in [-0.05, 0) is 32.1 Å². The van der Waals surface area contributed by atoms with Gasteiger partial charge in [-0.1, -0.05) is 19.8 Å². The Bertz CT molecular complexity index is 235. The second kappa shape index (κ2) is 7.46. The summed E-state index contributed by atoms with van der Waals surface area (Å²) in [6, 6.07) is 0.773. The molecule has 2 rings (SSSR count). The summed E-state index contributed by atoms with van der Waals surface area (Å²) in [6.07, 6.45) is 7.18. The lowest BCUT2D eigenvalue weighted by molar-refractivity contribution is 0.0677. The molecule has 3 heteroatoms. The van der Waals surface area contributed by atoms with Crippen LogP contribution in [0.15, 0.2) is 0 Å². The standard InChI is InChI=1S/C15H30N2O/c1-13-5-3-6-15(11-13)16-7-9-17-8-4-10-18-14(2)12-17/h13-16H,3-12H2,1-2H3. The van der Waals surface area contributed by atoms with Gasteiger partial charge in [-0.25, -0.2) is 0 Å². The van der Waals surface area contributed by atoms with Gasteiger partial charge in [0.05, 0.1) is 6.10 Å². The molecule has 1 saturated carbocycles. The number of rotatable bonds is 4. The van der Waals surface area contributed by atoms with Gasteiger partial charge >= 0.3 is 0 Å². The molecular weight excluding hydrogens is 224 g/mol. The highest BCUT2D eigenvalue weighted by Gasteiger charge is 2.19. The molecule has 0 aromatic carbocycles. The van der Waals surface area contributed by atoms with E-state index in [0.717, 1.165) is 31.7 Å². The van der Waals surface area contributed by atoms with Crippen molar-refractivity contribution in [2.24, 2.45) is 5.92 Å². The molecule has 0 amide bonds. The summed E-state index contributed by atoms with van der Waals surface area (Å²) < 4.78 is 5.68. The molecule has 1 aliphatic carbocycles. The molecule has 106 valence electrons. The summed E-state index contributed by atoms with van der Waals surface area (Å²) in [4.78, 5) is 2.55. The normalized spacial score (nSPS) is 35.3. The molecule has 3 unspecified atom stereocenters. The molecule has 3 atom stereocenters. The zero-order chi connectivity index (χ0) is 12.8. The summed E-state index contributed by atoms with van der Waals surface area (Å²) in [6.45, 7) is 10.1. The quantitative estimate of drug-likeness (QED) is 0.833. The van der Waals surface area contributed by atoms with Crippen molar-refractivity contribution in [1.82, 2.24) is 10.2 Å². The average Bonchev–Trinajstić information content (AvgIpc) is 2.54. The summed E-state index contributed by atoms with van der Waals surface area (Å²) >= 11 is 0. The molecule has 0 aromatic heterocycles. The van der Waals surface area contributed by atoms with E-state index in [1.54, 1.807) is 0 Å². The third-order valence-electron chi connectivity index (χ3n) is 4.33. The van der Waals surface area contributed by atoms with Gasteiger partial charge in [0.25, 0.3) is 0 Å². The van der Waals surface area contributed by atoms with Crippen molar-refractivity contribution in [3.8, 4) is 0 Å². The number of nitrogens with one attached hydrogen (secondary N) is 1. The monoisotopic (exact) mass is 254 g/mol. The van der Waals surface area contributed by atoms with Gasteiger partial charge in [0.15, 0.2) is 0 Å². The third-order valence-corrected chi connectivity index (χ3v) is 4.33. The maximum absolute atomic E-state index is 5.68. The van der Waals surface area contributed by atoms with Crippen LogP contribution in [0, 0.1) is 5.92 Å². The smallest absolute Gasteiger partial charge is 0.0673 e. The molecule has 1 N–H and O–H groups in total. The van der Waals surface area contributed by atoms with Crippen LogP contribution in [-0.2, 0) is 4.74 Å². The predicted octanol–water partition coefficient (Wildman–Crippen LogP) is 2.27. The van der Waals surface area contributed by atoms with Crippen molar-refractivity contribution >= 4 is 0 Å². The Kier molecular flexibility index (Phi) is 5.93. The molecule has 2 aliphatic rings. The fraction of sp³-hybridized carbons (Fsp3) is 1.00. The fourth-order valence-corrected chi connectivity index (χ4v) is 3.33. The van der Waals surface area contributed by atoms with Crippen LogP contribution in [0.4, 0.5) is 0 Å². The number of hydrogen-bond acceptors (Lipinski definition) is 3. The van der Waals surface area contributed by atoms with Crippen molar-refractivity contribution in [3.63, 3.8) is 0 Å². The second-order valence-corrected chi connectivity index (χ2v) is 6.26. The van der Waals surface area contributed by atoms with Crippen LogP contribution in [0.3, 0.4) is 0 Å². The summed E-state index contributed by atoms with van der Waals surface area (Å²) in [7, 11) is 0. The highest BCUT2D eigenvalue weighted by Crippen LogP contribution is 2.23. The molecular formula is C15H30N2O. The van der Waals surface area contributed by atoms with Crippen LogP contribution in [0.5, 0.6) is 0 Å². The van der Waals surface area contributed by atoms with Crippen LogP contribution in [-0.4, -0.2) is 49.8 Å². The van der Waals surface area contributed by atoms with Crippen molar-refractivity contribution in [2.75, 3.05) is 32.8 Å². The van der Waals surface area contributed by atoms with E-state index < -0.39 is 0 Å². The first-order valence-electron chi connectivity index (χ1n) is 7.81. The van der Waals surface area contributed by atoms with Gasteiger partial charge in [0, 0.05) is 38.8 Å². The SMILES string of the molecule is CC1CCCC(NCCN2CCCOC(C)C2)C1. The molecule has 0 aromatic rings. The van der Waals surface area contributed by atoms with Crippen LogP contribution in [0.1, 0.15) is 46.0 Å². The lowest BCUT2D eigenvalue weighted by Gasteiger charge is -2.29. The van der Waals surface area contributed by atoms with Gasteiger partial charge in [-0.15, -0.1) is 0 Å². The molecule has 2 fully saturated rings. The second-order valence-electron chi connectivity index (χ2n) is 6.26. The maximum Gasteiger partial charge on any atom is 0.0673 e. The highest BCUT2D eigenvalue weighted by molar-refractivity contribution is 4.76. The van der Waals surface area contributed by atoms with E-state index in [2.05, 4.69) is 24.1 Å². The van der Waals surface area contributed by atoms with E-state index in [4.69, 9.17) is 4.74 Å². The minimum absolute atomic E-state index is 0.405. The summed E-state index contributed by atoms with van der Waals surface area (Å²) in [5, 5.41) is 3.75. The molecule has 18 heavy (non-hydrogen) atoms. The lowest BCUT2D eigenvalue weighted by Crippen LogP contribution is -2.40. The molecule has 0 bridgehead atoms. The maximum atomic E-state index is 5.68. The largest absolute Gasteiger partial charge is 0.377 e. The molecule has 1 heterocycles. The lowest BCUT2D eigenvalue weighted by atomic mass is 9.87. The number of nitrogens with zero attached hydrogens (tertiary/aromatic N) is 1.